The summed E-state index contributed by atoms with van der Waals surface area (Å²) in [5.41, 5.74) is 5.90. The molecule has 2 heterocycles. The van der Waals surface area contributed by atoms with Gasteiger partial charge in [-0.05, 0) is 38.1 Å². The third-order valence-corrected chi connectivity index (χ3v) is 3.69. The van der Waals surface area contributed by atoms with Gasteiger partial charge in [-0.25, -0.2) is 4.68 Å². The van der Waals surface area contributed by atoms with Crippen molar-refractivity contribution >= 4 is 21.9 Å². The molecule has 0 unspecified atom stereocenters. The zero-order valence-corrected chi connectivity index (χ0v) is 11.9. The van der Waals surface area contributed by atoms with Gasteiger partial charge in [-0.1, -0.05) is 29.8 Å². The number of hydrogen-bond donors (Lipinski definition) is 0. The second kappa shape index (κ2) is 4.38. The van der Waals surface area contributed by atoms with Crippen molar-refractivity contribution in [1.82, 2.24) is 20.0 Å². The zero-order chi connectivity index (χ0) is 14.4. The van der Waals surface area contributed by atoms with Gasteiger partial charge >= 0.3 is 0 Å². The van der Waals surface area contributed by atoms with Crippen LogP contribution < -0.4 is 0 Å². The molecule has 0 atom stereocenters. The maximum absolute atomic E-state index is 4.65. The van der Waals surface area contributed by atoms with Crippen LogP contribution in [0.3, 0.4) is 0 Å². The van der Waals surface area contributed by atoms with Crippen molar-refractivity contribution in [1.29, 1.82) is 0 Å². The first kappa shape index (κ1) is 12.0. The van der Waals surface area contributed by atoms with Gasteiger partial charge in [0.1, 0.15) is 11.0 Å². The van der Waals surface area contributed by atoms with Gasteiger partial charge in [-0.2, -0.15) is 5.10 Å². The second-order valence-electron chi connectivity index (χ2n) is 5.25. The predicted octanol–water partition coefficient (Wildman–Crippen LogP) is 3.59. The van der Waals surface area contributed by atoms with Crippen molar-refractivity contribution in [2.24, 2.45) is 0 Å². The van der Waals surface area contributed by atoms with Crippen LogP contribution in [-0.2, 0) is 0 Å². The highest BCUT2D eigenvalue weighted by atomic mass is 15.3. The first-order valence-electron chi connectivity index (χ1n) is 6.92. The molecular weight excluding hydrogens is 260 g/mol. The molecule has 4 nitrogen and oxygen atoms in total. The smallest absolute Gasteiger partial charge is 0.135 e. The number of para-hydroxylation sites is 1. The number of nitrogens with zero attached hydrogens (tertiary/aromatic N) is 4. The maximum atomic E-state index is 4.65. The Morgan fingerprint density at radius 2 is 1.71 bits per heavy atom. The third kappa shape index (κ3) is 1.80. The predicted molar refractivity (Wildman–Crippen MR) is 83.6 cm³/mol. The lowest BCUT2D eigenvalue weighted by atomic mass is 10.1. The van der Waals surface area contributed by atoms with Crippen molar-refractivity contribution in [2.45, 2.75) is 13.8 Å². The van der Waals surface area contributed by atoms with Crippen molar-refractivity contribution in [3.63, 3.8) is 0 Å². The van der Waals surface area contributed by atoms with Gasteiger partial charge < -0.3 is 0 Å². The molecule has 2 aromatic carbocycles. The molecule has 102 valence electrons. The first-order chi connectivity index (χ1) is 10.2. The Bertz CT molecular complexity index is 955. The average Bonchev–Trinajstić information content (AvgIpc) is 2.86. The third-order valence-electron chi connectivity index (χ3n) is 3.69. The molecular formula is C17H14N4. The number of aryl methyl sites for hydroxylation is 2. The van der Waals surface area contributed by atoms with Gasteiger partial charge in [-0.15, -0.1) is 10.2 Å². The molecule has 4 rings (SSSR count). The highest BCUT2D eigenvalue weighted by Gasteiger charge is 2.14. The Labute approximate surface area is 122 Å². The summed E-state index contributed by atoms with van der Waals surface area (Å²) in [4.78, 5) is 0. The molecule has 4 aromatic rings. The van der Waals surface area contributed by atoms with Gasteiger partial charge in [-0.3, -0.25) is 0 Å². The van der Waals surface area contributed by atoms with E-state index in [2.05, 4.69) is 34.4 Å². The van der Waals surface area contributed by atoms with Crippen LogP contribution in [0.4, 0.5) is 0 Å². The Morgan fingerprint density at radius 3 is 2.52 bits per heavy atom. The first-order valence-corrected chi connectivity index (χ1v) is 6.92. The lowest BCUT2D eigenvalue weighted by molar-refractivity contribution is 0.891. The second-order valence-corrected chi connectivity index (χ2v) is 5.25. The van der Waals surface area contributed by atoms with E-state index in [1.165, 1.54) is 5.56 Å². The van der Waals surface area contributed by atoms with Crippen LogP contribution >= 0.6 is 0 Å². The van der Waals surface area contributed by atoms with Gasteiger partial charge in [0.25, 0.3) is 0 Å². The number of hydrogen-bond acceptors (Lipinski definition) is 3. The Kier molecular flexibility index (Phi) is 2.51. The monoisotopic (exact) mass is 274 g/mol. The van der Waals surface area contributed by atoms with Gasteiger partial charge in [0.15, 0.2) is 0 Å². The number of benzene rings is 2. The molecule has 0 amide bonds. The molecule has 0 aliphatic rings. The van der Waals surface area contributed by atoms with Crippen LogP contribution in [0.25, 0.3) is 27.6 Å². The Hall–Kier alpha value is -2.75. The average molecular weight is 274 g/mol. The van der Waals surface area contributed by atoms with Crippen LogP contribution in [0, 0.1) is 13.8 Å². The molecule has 0 saturated carbocycles. The quantitative estimate of drug-likeness (QED) is 0.533. The van der Waals surface area contributed by atoms with E-state index in [-0.39, 0.29) is 0 Å². The Balaban J connectivity index is 2.19. The van der Waals surface area contributed by atoms with Crippen LogP contribution in [0.1, 0.15) is 11.3 Å². The van der Waals surface area contributed by atoms with Crippen molar-refractivity contribution in [3.05, 3.63) is 59.8 Å². The summed E-state index contributed by atoms with van der Waals surface area (Å²) in [6, 6.07) is 16.3. The Morgan fingerprint density at radius 1 is 0.905 bits per heavy atom. The van der Waals surface area contributed by atoms with E-state index in [4.69, 9.17) is 0 Å². The molecule has 0 N–H and O–H groups in total. The molecule has 4 heteroatoms. The minimum Gasteiger partial charge on any atom is -0.230 e. The van der Waals surface area contributed by atoms with E-state index in [9.17, 15) is 0 Å². The normalized spacial score (nSPS) is 11.3. The minimum atomic E-state index is 0.858. The van der Waals surface area contributed by atoms with E-state index >= 15 is 0 Å². The van der Waals surface area contributed by atoms with Crippen LogP contribution in [-0.4, -0.2) is 20.0 Å². The van der Waals surface area contributed by atoms with Crippen LogP contribution in [0.15, 0.2) is 48.5 Å². The van der Waals surface area contributed by atoms with Crippen molar-refractivity contribution in [3.8, 4) is 5.69 Å². The largest absolute Gasteiger partial charge is 0.230 e. The van der Waals surface area contributed by atoms with Crippen LogP contribution in [0.2, 0.25) is 0 Å². The van der Waals surface area contributed by atoms with E-state index in [0.29, 0.717) is 0 Å². The minimum absolute atomic E-state index is 0.858. The highest BCUT2D eigenvalue weighted by molar-refractivity contribution is 6.03. The van der Waals surface area contributed by atoms with Gasteiger partial charge in [0.05, 0.1) is 16.9 Å². The molecule has 0 radical (unpaired) electrons. The SMILES string of the molecule is Cc1ccc2nnc3c(C)nn(-c4ccccc4)c3c2c1. The number of fused-ring (bicyclic) bond motifs is 3. The van der Waals surface area contributed by atoms with Gasteiger partial charge in [0, 0.05) is 5.39 Å². The molecule has 0 saturated heterocycles. The van der Waals surface area contributed by atoms with Gasteiger partial charge in [0.2, 0.25) is 0 Å². The fraction of sp³-hybridized carbons (Fsp3) is 0.118. The molecule has 0 bridgehead atoms. The molecule has 0 aliphatic carbocycles. The topological polar surface area (TPSA) is 43.6 Å². The van der Waals surface area contributed by atoms with Crippen molar-refractivity contribution < 1.29 is 0 Å². The van der Waals surface area contributed by atoms with E-state index in [1.54, 1.807) is 0 Å². The summed E-state index contributed by atoms with van der Waals surface area (Å²) in [7, 11) is 0. The molecule has 2 aromatic heterocycles. The van der Waals surface area contributed by atoms with E-state index < -0.39 is 0 Å². The lowest BCUT2D eigenvalue weighted by Crippen LogP contribution is -1.97. The fourth-order valence-corrected chi connectivity index (χ4v) is 2.67. The molecule has 0 spiro atoms. The summed E-state index contributed by atoms with van der Waals surface area (Å²) in [6.07, 6.45) is 0. The number of aromatic nitrogens is 4. The summed E-state index contributed by atoms with van der Waals surface area (Å²) in [5.74, 6) is 0. The number of rotatable bonds is 1. The zero-order valence-electron chi connectivity index (χ0n) is 11.9. The fourth-order valence-electron chi connectivity index (χ4n) is 2.67. The molecule has 0 aliphatic heterocycles. The molecule has 0 fully saturated rings. The maximum Gasteiger partial charge on any atom is 0.135 e. The molecule has 21 heavy (non-hydrogen) atoms. The lowest BCUT2D eigenvalue weighted by Gasteiger charge is -2.05. The van der Waals surface area contributed by atoms with Crippen molar-refractivity contribution in [2.75, 3.05) is 0 Å². The van der Waals surface area contributed by atoms with Crippen LogP contribution in [0.5, 0.6) is 0 Å². The highest BCUT2D eigenvalue weighted by Crippen LogP contribution is 2.27. The summed E-state index contributed by atoms with van der Waals surface area (Å²) < 4.78 is 1.96. The standard InChI is InChI=1S/C17H14N4/c1-11-8-9-15-14(10-11)17-16(19-18-15)12(2)20-21(17)13-6-4-3-5-7-13/h3-10H,1-2H3. The summed E-state index contributed by atoms with van der Waals surface area (Å²) in [5, 5.41) is 14.4. The summed E-state index contributed by atoms with van der Waals surface area (Å²) in [6.45, 7) is 4.06. The van der Waals surface area contributed by atoms with E-state index in [1.807, 2.05) is 48.0 Å². The van der Waals surface area contributed by atoms with E-state index in [0.717, 1.165) is 33.3 Å². The summed E-state index contributed by atoms with van der Waals surface area (Å²) >= 11 is 0.